The van der Waals surface area contributed by atoms with Crippen molar-refractivity contribution < 1.29 is 4.74 Å². The summed E-state index contributed by atoms with van der Waals surface area (Å²) in [5.74, 6) is 0.937. The molecule has 1 atom stereocenters. The molecule has 0 fully saturated rings. The van der Waals surface area contributed by atoms with E-state index in [2.05, 4.69) is 24.1 Å². The minimum Gasteiger partial charge on any atom is -0.491 e. The molecule has 1 aromatic rings. The molecule has 0 saturated heterocycles. The third kappa shape index (κ3) is 6.84. The van der Waals surface area contributed by atoms with Crippen molar-refractivity contribution in [2.75, 3.05) is 13.6 Å². The van der Waals surface area contributed by atoms with Crippen molar-refractivity contribution in [1.82, 2.24) is 4.90 Å². The second kappa shape index (κ2) is 8.35. The number of benzene rings is 1. The Balaban J connectivity index is 0.00000289. The first-order valence-electron chi connectivity index (χ1n) is 6.17. The molecule has 0 amide bonds. The lowest BCUT2D eigenvalue weighted by atomic mass is 10.2. The maximum absolute atomic E-state index is 5.78. The summed E-state index contributed by atoms with van der Waals surface area (Å²) >= 11 is 0. The summed E-state index contributed by atoms with van der Waals surface area (Å²) < 4.78 is 5.67. The fourth-order valence-corrected chi connectivity index (χ4v) is 1.86. The van der Waals surface area contributed by atoms with Gasteiger partial charge in [-0.05, 0) is 45.5 Å². The Kier molecular flexibility index (Phi) is 8.00. The number of rotatable bonds is 6. The molecule has 4 heteroatoms. The number of ether oxygens (including phenoxy) is 1. The van der Waals surface area contributed by atoms with Crippen molar-refractivity contribution in [3.63, 3.8) is 0 Å². The van der Waals surface area contributed by atoms with E-state index in [9.17, 15) is 0 Å². The molecule has 1 rings (SSSR count). The SMILES string of the molecule is CC(N)CN(C)Cc1cccc(OC(C)C)c1.Cl. The molecule has 1 aromatic carbocycles. The highest BCUT2D eigenvalue weighted by Gasteiger charge is 2.04. The Labute approximate surface area is 117 Å². The Morgan fingerprint density at radius 2 is 1.94 bits per heavy atom. The third-order valence-corrected chi connectivity index (χ3v) is 2.32. The van der Waals surface area contributed by atoms with E-state index in [-0.39, 0.29) is 24.6 Å². The predicted molar refractivity (Wildman–Crippen MR) is 79.4 cm³/mol. The van der Waals surface area contributed by atoms with E-state index in [1.807, 2.05) is 32.9 Å². The average Bonchev–Trinajstić information content (AvgIpc) is 2.14. The summed E-state index contributed by atoms with van der Waals surface area (Å²) in [6, 6.07) is 8.44. The van der Waals surface area contributed by atoms with Gasteiger partial charge in [-0.2, -0.15) is 0 Å². The maximum Gasteiger partial charge on any atom is 0.120 e. The van der Waals surface area contributed by atoms with E-state index < -0.39 is 0 Å². The maximum atomic E-state index is 5.78. The van der Waals surface area contributed by atoms with Crippen LogP contribution in [0.25, 0.3) is 0 Å². The first-order valence-corrected chi connectivity index (χ1v) is 6.17. The van der Waals surface area contributed by atoms with Gasteiger partial charge in [-0.3, -0.25) is 0 Å². The van der Waals surface area contributed by atoms with Crippen molar-refractivity contribution in [2.45, 2.75) is 39.5 Å². The summed E-state index contributed by atoms with van der Waals surface area (Å²) in [6.45, 7) is 7.89. The Bertz CT molecular complexity index is 342. The lowest BCUT2D eigenvalue weighted by Gasteiger charge is -2.19. The van der Waals surface area contributed by atoms with Crippen LogP contribution in [0.4, 0.5) is 0 Å². The lowest BCUT2D eigenvalue weighted by Crippen LogP contribution is -2.32. The van der Waals surface area contributed by atoms with Crippen LogP contribution >= 0.6 is 12.4 Å². The molecule has 18 heavy (non-hydrogen) atoms. The van der Waals surface area contributed by atoms with Crippen molar-refractivity contribution in [1.29, 1.82) is 0 Å². The largest absolute Gasteiger partial charge is 0.491 e. The molecule has 0 bridgehead atoms. The molecule has 104 valence electrons. The number of hydrogen-bond acceptors (Lipinski definition) is 3. The van der Waals surface area contributed by atoms with Crippen LogP contribution in [-0.4, -0.2) is 30.6 Å². The Morgan fingerprint density at radius 3 is 2.50 bits per heavy atom. The quantitative estimate of drug-likeness (QED) is 0.865. The van der Waals surface area contributed by atoms with Crippen LogP contribution in [0.15, 0.2) is 24.3 Å². The van der Waals surface area contributed by atoms with Gasteiger partial charge < -0.3 is 15.4 Å². The van der Waals surface area contributed by atoms with Crippen LogP contribution in [0.3, 0.4) is 0 Å². The van der Waals surface area contributed by atoms with Crippen LogP contribution in [0, 0.1) is 0 Å². The Morgan fingerprint density at radius 1 is 1.28 bits per heavy atom. The first-order chi connectivity index (χ1) is 7.97. The summed E-state index contributed by atoms with van der Waals surface area (Å²) in [5, 5.41) is 0. The van der Waals surface area contributed by atoms with Gasteiger partial charge in [0, 0.05) is 19.1 Å². The van der Waals surface area contributed by atoms with Crippen LogP contribution in [0.2, 0.25) is 0 Å². The smallest absolute Gasteiger partial charge is 0.120 e. The summed E-state index contributed by atoms with van der Waals surface area (Å²) in [4.78, 5) is 2.22. The van der Waals surface area contributed by atoms with E-state index in [0.29, 0.717) is 0 Å². The number of halogens is 1. The van der Waals surface area contributed by atoms with Gasteiger partial charge in [-0.1, -0.05) is 12.1 Å². The van der Waals surface area contributed by atoms with Gasteiger partial charge in [0.25, 0.3) is 0 Å². The van der Waals surface area contributed by atoms with E-state index in [0.717, 1.165) is 18.8 Å². The fraction of sp³-hybridized carbons (Fsp3) is 0.571. The van der Waals surface area contributed by atoms with Gasteiger partial charge in [0.05, 0.1) is 6.10 Å². The number of nitrogens with two attached hydrogens (primary N) is 1. The van der Waals surface area contributed by atoms with Gasteiger partial charge in [-0.25, -0.2) is 0 Å². The van der Waals surface area contributed by atoms with Crippen molar-refractivity contribution >= 4 is 12.4 Å². The zero-order valence-electron chi connectivity index (χ0n) is 11.7. The second-order valence-corrected chi connectivity index (χ2v) is 4.99. The Hall–Kier alpha value is -0.770. The summed E-state index contributed by atoms with van der Waals surface area (Å²) in [5.41, 5.74) is 7.03. The fourth-order valence-electron chi connectivity index (χ4n) is 1.86. The summed E-state index contributed by atoms with van der Waals surface area (Å²) in [6.07, 6.45) is 0.215. The van der Waals surface area contributed by atoms with Gasteiger partial charge in [0.15, 0.2) is 0 Å². The third-order valence-electron chi connectivity index (χ3n) is 2.32. The first kappa shape index (κ1) is 17.2. The molecule has 0 heterocycles. The predicted octanol–water partition coefficient (Wildman–Crippen LogP) is 2.67. The molecule has 0 aliphatic heterocycles. The highest BCUT2D eigenvalue weighted by molar-refractivity contribution is 5.85. The van der Waals surface area contributed by atoms with Crippen molar-refractivity contribution in [3.8, 4) is 5.75 Å². The van der Waals surface area contributed by atoms with Crippen LogP contribution in [0.5, 0.6) is 5.75 Å². The summed E-state index contributed by atoms with van der Waals surface area (Å²) in [7, 11) is 2.08. The normalized spacial score (nSPS) is 12.4. The lowest BCUT2D eigenvalue weighted by molar-refractivity contribution is 0.241. The van der Waals surface area contributed by atoms with E-state index in [4.69, 9.17) is 10.5 Å². The number of hydrogen-bond donors (Lipinski definition) is 1. The highest BCUT2D eigenvalue weighted by Crippen LogP contribution is 2.15. The number of likely N-dealkylation sites (N-methyl/N-ethyl adjacent to an activating group) is 1. The molecule has 0 aliphatic carbocycles. The van der Waals surface area contributed by atoms with Crippen molar-refractivity contribution in [2.24, 2.45) is 5.73 Å². The highest BCUT2D eigenvalue weighted by atomic mass is 35.5. The molecule has 0 saturated carbocycles. The number of nitrogens with zero attached hydrogens (tertiary/aromatic N) is 1. The van der Waals surface area contributed by atoms with E-state index >= 15 is 0 Å². The molecule has 3 nitrogen and oxygen atoms in total. The van der Waals surface area contributed by atoms with E-state index in [1.54, 1.807) is 0 Å². The van der Waals surface area contributed by atoms with Gasteiger partial charge in [0.1, 0.15) is 5.75 Å². The molecule has 0 radical (unpaired) electrons. The van der Waals surface area contributed by atoms with Gasteiger partial charge >= 0.3 is 0 Å². The zero-order chi connectivity index (χ0) is 12.8. The molecule has 0 aliphatic rings. The zero-order valence-corrected chi connectivity index (χ0v) is 12.5. The molecule has 0 aromatic heterocycles. The second-order valence-electron chi connectivity index (χ2n) is 4.99. The average molecular weight is 273 g/mol. The minimum atomic E-state index is 0. The molecule has 0 spiro atoms. The molecule has 1 unspecified atom stereocenters. The molecular weight excluding hydrogens is 248 g/mol. The van der Waals surface area contributed by atoms with Crippen LogP contribution in [-0.2, 0) is 6.54 Å². The minimum absolute atomic E-state index is 0. The van der Waals surface area contributed by atoms with Crippen LogP contribution < -0.4 is 10.5 Å². The van der Waals surface area contributed by atoms with E-state index in [1.165, 1.54) is 5.56 Å². The monoisotopic (exact) mass is 272 g/mol. The topological polar surface area (TPSA) is 38.5 Å². The molecular formula is C14H25ClN2O. The standard InChI is InChI=1S/C14H24N2O.ClH/c1-11(2)17-14-7-5-6-13(8-14)10-16(4)9-12(3)15;/h5-8,11-12H,9-10,15H2,1-4H3;1H. The van der Waals surface area contributed by atoms with Gasteiger partial charge in [-0.15, -0.1) is 12.4 Å². The molecule has 2 N–H and O–H groups in total. The van der Waals surface area contributed by atoms with Gasteiger partial charge in [0.2, 0.25) is 0 Å². The van der Waals surface area contributed by atoms with Crippen molar-refractivity contribution in [3.05, 3.63) is 29.8 Å². The van der Waals surface area contributed by atoms with Crippen LogP contribution in [0.1, 0.15) is 26.3 Å².